The van der Waals surface area contributed by atoms with Crippen LogP contribution in [0.15, 0.2) is 11.8 Å². The van der Waals surface area contributed by atoms with Gasteiger partial charge in [0.2, 0.25) is 0 Å². The molecule has 3 rings (SSSR count). The Kier molecular flexibility index (Phi) is 6.53. The van der Waals surface area contributed by atoms with Crippen LogP contribution >= 0.6 is 0 Å². The fraction of sp³-hybridized carbons (Fsp3) is 0.895. The summed E-state index contributed by atoms with van der Waals surface area (Å²) in [6.45, 7) is 3.70. The lowest BCUT2D eigenvalue weighted by Gasteiger charge is -2.44. The molecule has 3 aliphatic rings. The summed E-state index contributed by atoms with van der Waals surface area (Å²) in [6.07, 6.45) is 9.19. The normalized spacial score (nSPS) is 38.0. The van der Waals surface area contributed by atoms with Gasteiger partial charge in [0, 0.05) is 24.4 Å². The Labute approximate surface area is 145 Å². The van der Waals surface area contributed by atoms with Gasteiger partial charge in [0.1, 0.15) is 6.17 Å². The Morgan fingerprint density at radius 3 is 2.96 bits per heavy atom. The minimum atomic E-state index is -0.669. The molecule has 0 spiro atoms. The zero-order valence-corrected chi connectivity index (χ0v) is 14.9. The second-order valence-corrected chi connectivity index (χ2v) is 7.84. The maximum absolute atomic E-state index is 14.4. The van der Waals surface area contributed by atoms with E-state index < -0.39 is 6.17 Å². The number of piperidine rings is 1. The van der Waals surface area contributed by atoms with Crippen LogP contribution < -0.4 is 16.0 Å². The number of hydrogen-bond acceptors (Lipinski definition) is 4. The van der Waals surface area contributed by atoms with Crippen LogP contribution in [0.25, 0.3) is 0 Å². The van der Waals surface area contributed by atoms with Crippen LogP contribution in [0.5, 0.6) is 0 Å². The molecule has 5 unspecified atom stereocenters. The first-order chi connectivity index (χ1) is 11.7. The minimum absolute atomic E-state index is 0.112. The van der Waals surface area contributed by atoms with Crippen LogP contribution in [0, 0.1) is 11.8 Å². The van der Waals surface area contributed by atoms with Gasteiger partial charge in [0.25, 0.3) is 0 Å². The first-order valence-electron chi connectivity index (χ1n) is 9.93. The van der Waals surface area contributed by atoms with Gasteiger partial charge in [0.15, 0.2) is 0 Å². The molecule has 4 nitrogen and oxygen atoms in total. The van der Waals surface area contributed by atoms with Gasteiger partial charge in [-0.1, -0.05) is 26.2 Å². The molecule has 4 N–H and O–H groups in total. The standard InChI is InChI=1S/C19H34FN3O/c1-2-5-14(24)12-23-19-16-10-13(11-22-18(16)8-9-21-19)15-6-3-4-7-17(15)20/h11,14-19,21-24H,2-10,12H2,1H3/t14?,15?,16?,17?,18-,19?/m1/s1. The molecule has 2 aliphatic heterocycles. The number of aliphatic hydroxyl groups is 1. The summed E-state index contributed by atoms with van der Waals surface area (Å²) in [5.41, 5.74) is 1.27. The van der Waals surface area contributed by atoms with E-state index in [1.165, 1.54) is 5.57 Å². The van der Waals surface area contributed by atoms with E-state index in [1.807, 2.05) is 0 Å². The summed E-state index contributed by atoms with van der Waals surface area (Å²) in [6, 6.07) is 0.456. The quantitative estimate of drug-likeness (QED) is 0.600. The number of nitrogens with one attached hydrogen (secondary N) is 3. The molecule has 0 amide bonds. The number of aliphatic hydroxyl groups excluding tert-OH is 1. The molecule has 0 radical (unpaired) electrons. The molecule has 138 valence electrons. The van der Waals surface area contributed by atoms with Crippen molar-refractivity contribution in [2.75, 3.05) is 13.1 Å². The fourth-order valence-corrected chi connectivity index (χ4v) is 4.69. The van der Waals surface area contributed by atoms with E-state index in [-0.39, 0.29) is 18.2 Å². The van der Waals surface area contributed by atoms with Gasteiger partial charge in [-0.3, -0.25) is 5.32 Å². The van der Waals surface area contributed by atoms with Gasteiger partial charge in [0.05, 0.1) is 12.3 Å². The van der Waals surface area contributed by atoms with Crippen molar-refractivity contribution >= 4 is 0 Å². The lowest BCUT2D eigenvalue weighted by molar-refractivity contribution is 0.121. The van der Waals surface area contributed by atoms with Crippen molar-refractivity contribution in [2.45, 2.75) is 82.8 Å². The van der Waals surface area contributed by atoms with Crippen LogP contribution in [0.1, 0.15) is 58.3 Å². The molecule has 1 saturated heterocycles. The van der Waals surface area contributed by atoms with Crippen molar-refractivity contribution in [3.05, 3.63) is 11.8 Å². The van der Waals surface area contributed by atoms with Crippen molar-refractivity contribution in [2.24, 2.45) is 11.8 Å². The summed E-state index contributed by atoms with van der Waals surface area (Å²) in [7, 11) is 0. The van der Waals surface area contributed by atoms with Crippen molar-refractivity contribution in [1.82, 2.24) is 16.0 Å². The van der Waals surface area contributed by atoms with Crippen molar-refractivity contribution in [3.8, 4) is 0 Å². The third-order valence-electron chi connectivity index (χ3n) is 6.07. The van der Waals surface area contributed by atoms with Gasteiger partial charge < -0.3 is 15.7 Å². The predicted molar refractivity (Wildman–Crippen MR) is 95.3 cm³/mol. The molecule has 24 heavy (non-hydrogen) atoms. The summed E-state index contributed by atoms with van der Waals surface area (Å²) in [5.74, 6) is 0.544. The van der Waals surface area contributed by atoms with Gasteiger partial charge >= 0.3 is 0 Å². The Morgan fingerprint density at radius 1 is 1.33 bits per heavy atom. The average Bonchev–Trinajstić information content (AvgIpc) is 2.60. The molecule has 1 saturated carbocycles. The van der Waals surface area contributed by atoms with Gasteiger partial charge in [-0.05, 0) is 50.4 Å². The van der Waals surface area contributed by atoms with Gasteiger partial charge in [-0.25, -0.2) is 4.39 Å². The molecule has 6 atom stereocenters. The van der Waals surface area contributed by atoms with Crippen molar-refractivity contribution < 1.29 is 9.50 Å². The second kappa shape index (κ2) is 8.63. The molecule has 0 aromatic heterocycles. The first-order valence-corrected chi connectivity index (χ1v) is 9.93. The topological polar surface area (TPSA) is 56.3 Å². The molecule has 0 aromatic carbocycles. The Hall–Kier alpha value is -0.650. The van der Waals surface area contributed by atoms with E-state index in [0.717, 1.165) is 57.9 Å². The zero-order valence-electron chi connectivity index (χ0n) is 14.9. The van der Waals surface area contributed by atoms with Gasteiger partial charge in [-0.2, -0.15) is 0 Å². The Balaban J connectivity index is 1.60. The van der Waals surface area contributed by atoms with Crippen LogP contribution in [0.4, 0.5) is 4.39 Å². The Bertz CT molecular complexity index is 431. The summed E-state index contributed by atoms with van der Waals surface area (Å²) < 4.78 is 14.4. The smallest absolute Gasteiger partial charge is 0.107 e. The highest BCUT2D eigenvalue weighted by Gasteiger charge is 2.38. The molecule has 0 aromatic rings. The number of allylic oxidation sites excluding steroid dienone is 1. The highest BCUT2D eigenvalue weighted by atomic mass is 19.1. The molecule has 2 heterocycles. The number of halogens is 1. The van der Waals surface area contributed by atoms with E-state index in [1.54, 1.807) is 0 Å². The third kappa shape index (κ3) is 4.30. The maximum Gasteiger partial charge on any atom is 0.107 e. The zero-order chi connectivity index (χ0) is 16.9. The highest BCUT2D eigenvalue weighted by molar-refractivity contribution is 5.16. The molecular formula is C19H34FN3O. The lowest BCUT2D eigenvalue weighted by atomic mass is 9.74. The fourth-order valence-electron chi connectivity index (χ4n) is 4.69. The molecule has 5 heteroatoms. The number of alkyl halides is 1. The SMILES string of the molecule is CCCC(O)CNC1NCC[C@H]2NC=C(C3CCCCC3F)CC12. The number of rotatable bonds is 6. The highest BCUT2D eigenvalue weighted by Crippen LogP contribution is 2.38. The third-order valence-corrected chi connectivity index (χ3v) is 6.07. The summed E-state index contributed by atoms with van der Waals surface area (Å²) >= 11 is 0. The molecule has 2 fully saturated rings. The number of hydrogen-bond donors (Lipinski definition) is 4. The second-order valence-electron chi connectivity index (χ2n) is 7.84. The van der Waals surface area contributed by atoms with Crippen LogP contribution in [-0.2, 0) is 0 Å². The molecule has 1 aliphatic carbocycles. The lowest BCUT2D eigenvalue weighted by Crippen LogP contribution is -2.61. The van der Waals surface area contributed by atoms with Crippen molar-refractivity contribution in [3.63, 3.8) is 0 Å². The Morgan fingerprint density at radius 2 is 2.17 bits per heavy atom. The first kappa shape index (κ1) is 18.2. The average molecular weight is 339 g/mol. The minimum Gasteiger partial charge on any atom is -0.392 e. The van der Waals surface area contributed by atoms with Gasteiger partial charge in [-0.15, -0.1) is 0 Å². The largest absolute Gasteiger partial charge is 0.392 e. The van der Waals surface area contributed by atoms with E-state index in [0.29, 0.717) is 18.5 Å². The summed E-state index contributed by atoms with van der Waals surface area (Å²) in [5, 5.41) is 20.6. The monoisotopic (exact) mass is 339 g/mol. The van der Waals surface area contributed by atoms with Crippen molar-refractivity contribution in [1.29, 1.82) is 0 Å². The van der Waals surface area contributed by atoms with E-state index in [9.17, 15) is 9.50 Å². The summed E-state index contributed by atoms with van der Waals surface area (Å²) in [4.78, 5) is 0. The van der Waals surface area contributed by atoms with Crippen LogP contribution in [0.2, 0.25) is 0 Å². The maximum atomic E-state index is 14.4. The van der Waals surface area contributed by atoms with E-state index in [2.05, 4.69) is 29.1 Å². The predicted octanol–water partition coefficient (Wildman–Crippen LogP) is 2.45. The van der Waals surface area contributed by atoms with E-state index >= 15 is 0 Å². The van der Waals surface area contributed by atoms with Crippen LogP contribution in [-0.4, -0.2) is 42.7 Å². The molecular weight excluding hydrogens is 305 g/mol. The van der Waals surface area contributed by atoms with E-state index in [4.69, 9.17) is 0 Å². The number of fused-ring (bicyclic) bond motifs is 1. The molecule has 0 bridgehead atoms. The van der Waals surface area contributed by atoms with Crippen LogP contribution in [0.3, 0.4) is 0 Å².